The number of nitrogens with one attached hydrogen (secondary N) is 1. The highest BCUT2D eigenvalue weighted by atomic mass is 16.5. The summed E-state index contributed by atoms with van der Waals surface area (Å²) in [5.41, 5.74) is 4.53. The van der Waals surface area contributed by atoms with Crippen molar-refractivity contribution in [2.45, 2.75) is 76.9 Å². The van der Waals surface area contributed by atoms with Gasteiger partial charge in [-0.05, 0) is 63.1 Å². The van der Waals surface area contributed by atoms with E-state index in [1.807, 2.05) is 49.4 Å². The van der Waals surface area contributed by atoms with Crippen LogP contribution in [-0.4, -0.2) is 45.8 Å². The summed E-state index contributed by atoms with van der Waals surface area (Å²) in [6.45, 7) is 3.51. The monoisotopic (exact) mass is 532 g/mol. The highest BCUT2D eigenvalue weighted by Crippen LogP contribution is 2.41. The van der Waals surface area contributed by atoms with Crippen molar-refractivity contribution in [2.75, 3.05) is 12.0 Å². The molecule has 1 aliphatic heterocycles. The minimum atomic E-state index is -0.770. The third-order valence-electron chi connectivity index (χ3n) is 8.19. The van der Waals surface area contributed by atoms with Gasteiger partial charge in [0.2, 0.25) is 5.91 Å². The molecule has 5 rings (SSSR count). The number of nitrogens with zero attached hydrogens (tertiary/aromatic N) is 3. The van der Waals surface area contributed by atoms with Crippen molar-refractivity contribution >= 4 is 34.7 Å². The van der Waals surface area contributed by atoms with Gasteiger partial charge in [0.15, 0.2) is 0 Å². The molecule has 1 saturated carbocycles. The van der Waals surface area contributed by atoms with Crippen LogP contribution in [-0.2, 0) is 27.2 Å². The topological polar surface area (TPSA) is 114 Å². The van der Waals surface area contributed by atoms with E-state index in [4.69, 9.17) is 9.72 Å². The number of benzene rings is 2. The number of carboxylic acids is 1. The van der Waals surface area contributed by atoms with E-state index in [0.717, 1.165) is 59.4 Å². The largest absolute Gasteiger partial charge is 0.481 e. The quantitative estimate of drug-likeness (QED) is 0.452. The summed E-state index contributed by atoms with van der Waals surface area (Å²) in [5.74, 6) is -0.629. The van der Waals surface area contributed by atoms with Crippen molar-refractivity contribution in [3.8, 4) is 0 Å². The molecule has 3 unspecified atom stereocenters. The van der Waals surface area contributed by atoms with E-state index < -0.39 is 24.0 Å². The van der Waals surface area contributed by atoms with Gasteiger partial charge < -0.3 is 19.7 Å². The Labute approximate surface area is 228 Å². The summed E-state index contributed by atoms with van der Waals surface area (Å²) in [6.07, 6.45) is 4.48. The molecule has 2 heterocycles. The number of carboxylic acid groups (broad SMARTS) is 1. The van der Waals surface area contributed by atoms with E-state index in [1.165, 1.54) is 14.0 Å². The number of fused-ring (bicyclic) bond motifs is 3. The molecule has 2 aromatic carbocycles. The molecule has 1 fully saturated rings. The Kier molecular flexibility index (Phi) is 7.59. The lowest BCUT2D eigenvalue weighted by Crippen LogP contribution is -2.42. The maximum Gasteiger partial charge on any atom is 0.414 e. The highest BCUT2D eigenvalue weighted by molar-refractivity contribution is 5.95. The second kappa shape index (κ2) is 11.1. The third kappa shape index (κ3) is 5.22. The van der Waals surface area contributed by atoms with Crippen LogP contribution in [0, 0.1) is 5.92 Å². The molecule has 0 radical (unpaired) electrons. The molecule has 206 valence electrons. The van der Waals surface area contributed by atoms with Crippen molar-refractivity contribution in [3.05, 3.63) is 59.4 Å². The number of hydrogen-bond donors (Lipinski definition) is 2. The molecule has 3 aromatic rings. The number of anilines is 1. The highest BCUT2D eigenvalue weighted by Gasteiger charge is 2.35. The molecule has 2 N–H and O–H groups in total. The van der Waals surface area contributed by atoms with Gasteiger partial charge in [-0.1, -0.05) is 36.8 Å². The van der Waals surface area contributed by atoms with Gasteiger partial charge in [-0.2, -0.15) is 0 Å². The predicted octanol–water partition coefficient (Wildman–Crippen LogP) is 5.18. The first-order valence-electron chi connectivity index (χ1n) is 13.7. The number of hydrogen-bond acceptors (Lipinski definition) is 5. The Balaban J connectivity index is 1.69. The minimum Gasteiger partial charge on any atom is -0.481 e. The zero-order chi connectivity index (χ0) is 27.7. The molecule has 9 heteroatoms. The summed E-state index contributed by atoms with van der Waals surface area (Å²) >= 11 is 0. The molecule has 4 atom stereocenters. The maximum absolute atomic E-state index is 12.7. The summed E-state index contributed by atoms with van der Waals surface area (Å²) in [7, 11) is 1.39. The van der Waals surface area contributed by atoms with Gasteiger partial charge in [-0.25, -0.2) is 9.78 Å². The van der Waals surface area contributed by atoms with Gasteiger partial charge in [0, 0.05) is 24.6 Å². The van der Waals surface area contributed by atoms with Crippen LogP contribution in [0.3, 0.4) is 0 Å². The Morgan fingerprint density at radius 1 is 1.13 bits per heavy atom. The van der Waals surface area contributed by atoms with Crippen LogP contribution in [0.1, 0.15) is 75.0 Å². The van der Waals surface area contributed by atoms with Crippen LogP contribution in [0.25, 0.3) is 11.0 Å². The van der Waals surface area contributed by atoms with Gasteiger partial charge in [-0.15, -0.1) is 0 Å². The zero-order valence-corrected chi connectivity index (χ0v) is 22.7. The number of carbonyl (C=O) groups excluding carboxylic acids is 2. The number of rotatable bonds is 6. The van der Waals surface area contributed by atoms with Crippen LogP contribution in [0.5, 0.6) is 0 Å². The molecule has 1 aliphatic carbocycles. The van der Waals surface area contributed by atoms with Crippen LogP contribution < -0.4 is 10.2 Å². The van der Waals surface area contributed by atoms with Gasteiger partial charge in [-0.3, -0.25) is 14.5 Å². The molecule has 9 nitrogen and oxygen atoms in total. The van der Waals surface area contributed by atoms with Crippen LogP contribution in [0.4, 0.5) is 10.5 Å². The summed E-state index contributed by atoms with van der Waals surface area (Å²) < 4.78 is 7.27. The number of methoxy groups -OCH3 is 1. The fourth-order valence-corrected chi connectivity index (χ4v) is 6.35. The Morgan fingerprint density at radius 3 is 2.59 bits per heavy atom. The number of aromatic nitrogens is 2. The average Bonchev–Trinajstić information content (AvgIpc) is 3.32. The van der Waals surface area contributed by atoms with Crippen molar-refractivity contribution < 1.29 is 24.2 Å². The first kappa shape index (κ1) is 26.7. The van der Waals surface area contributed by atoms with Crippen molar-refractivity contribution in [2.24, 2.45) is 5.92 Å². The van der Waals surface area contributed by atoms with Crippen molar-refractivity contribution in [1.82, 2.24) is 14.9 Å². The fraction of sp³-hybridized carbons (Fsp3) is 0.467. The van der Waals surface area contributed by atoms with Gasteiger partial charge >= 0.3 is 12.1 Å². The molecule has 1 aromatic heterocycles. The summed E-state index contributed by atoms with van der Waals surface area (Å²) in [4.78, 5) is 43.9. The normalized spacial score (nSPS) is 21.7. The van der Waals surface area contributed by atoms with Crippen LogP contribution in [0.15, 0.2) is 42.5 Å². The first-order chi connectivity index (χ1) is 18.8. The predicted molar refractivity (Wildman–Crippen MR) is 148 cm³/mol. The summed E-state index contributed by atoms with van der Waals surface area (Å²) in [6, 6.07) is 13.4. The average molecular weight is 533 g/mol. The molecule has 2 amide bonds. The van der Waals surface area contributed by atoms with E-state index in [2.05, 4.69) is 9.88 Å². The molecule has 0 spiro atoms. The van der Waals surface area contributed by atoms with Crippen molar-refractivity contribution in [3.63, 3.8) is 0 Å². The summed E-state index contributed by atoms with van der Waals surface area (Å²) in [5, 5.41) is 12.9. The number of aryl methyl sites for hydroxylation is 1. The Hall–Kier alpha value is -3.88. The van der Waals surface area contributed by atoms with E-state index in [-0.39, 0.29) is 18.0 Å². The molecular formula is C30H36N4O5. The SMILES string of the molecule is COC(=O)N1c2ccc3c(nc(C(Cc4ccccc4)NC(C)=O)n3C3CCCC(C(=O)O)C3)c2CC[C@@H]1C. The van der Waals surface area contributed by atoms with Gasteiger partial charge in [0.05, 0.1) is 35.8 Å². The first-order valence-corrected chi connectivity index (χ1v) is 13.7. The maximum atomic E-state index is 12.7. The van der Waals surface area contributed by atoms with E-state index in [9.17, 15) is 19.5 Å². The zero-order valence-electron chi connectivity index (χ0n) is 22.7. The van der Waals surface area contributed by atoms with E-state index in [1.54, 1.807) is 4.90 Å². The van der Waals surface area contributed by atoms with Crippen LogP contribution in [0.2, 0.25) is 0 Å². The number of amides is 2. The molecule has 0 bridgehead atoms. The molecule has 2 aliphatic rings. The molecular weight excluding hydrogens is 496 g/mol. The molecule has 0 saturated heterocycles. The lowest BCUT2D eigenvalue weighted by molar-refractivity contribution is -0.143. The van der Waals surface area contributed by atoms with Gasteiger partial charge in [0.25, 0.3) is 0 Å². The Bertz CT molecular complexity index is 1390. The lowest BCUT2D eigenvalue weighted by atomic mass is 9.85. The van der Waals surface area contributed by atoms with E-state index in [0.29, 0.717) is 19.3 Å². The van der Waals surface area contributed by atoms with Gasteiger partial charge in [0.1, 0.15) is 5.82 Å². The standard InChI is InChI=1S/C30H36N4O5/c1-18-12-13-23-25(33(18)30(38)39-3)14-15-26-27(23)32-28(34(26)22-11-7-10-21(17-22)29(36)37)24(31-19(2)35)16-20-8-5-4-6-9-20/h4-6,8-9,14-15,18,21-22,24H,7,10-13,16-17H2,1-3H3,(H,31,35)(H,36,37)/t18-,21?,22?,24?/m0/s1. The second-order valence-corrected chi connectivity index (χ2v) is 10.8. The smallest absolute Gasteiger partial charge is 0.414 e. The number of carbonyl (C=O) groups is 3. The minimum absolute atomic E-state index is 0.0103. The van der Waals surface area contributed by atoms with E-state index >= 15 is 0 Å². The van der Waals surface area contributed by atoms with Crippen LogP contribution >= 0.6 is 0 Å². The third-order valence-corrected chi connectivity index (χ3v) is 8.19. The number of aliphatic carboxylic acids is 1. The lowest BCUT2D eigenvalue weighted by Gasteiger charge is -2.34. The van der Waals surface area contributed by atoms with Crippen molar-refractivity contribution in [1.29, 1.82) is 0 Å². The fourth-order valence-electron chi connectivity index (χ4n) is 6.35. The number of imidazole rings is 1. The number of ether oxygens (including phenoxy) is 1. The second-order valence-electron chi connectivity index (χ2n) is 10.8. The Morgan fingerprint density at radius 2 is 1.90 bits per heavy atom. The molecule has 39 heavy (non-hydrogen) atoms.